The van der Waals surface area contributed by atoms with Crippen LogP contribution < -0.4 is 0 Å². The third kappa shape index (κ3) is 0.894. The SMILES string of the molecule is C=C[C@@H]1[C@@H](O)CN2C(=O)CC[C@@H]12. The first-order valence-electron chi connectivity index (χ1n) is 4.34. The number of amides is 1. The highest BCUT2D eigenvalue weighted by atomic mass is 16.3. The summed E-state index contributed by atoms with van der Waals surface area (Å²) in [6.07, 6.45) is 2.90. The number of hydrogen-bond acceptors (Lipinski definition) is 2. The van der Waals surface area contributed by atoms with Crippen molar-refractivity contribution in [3.63, 3.8) is 0 Å². The Balaban J connectivity index is 2.20. The van der Waals surface area contributed by atoms with Crippen LogP contribution in [0.5, 0.6) is 0 Å². The highest BCUT2D eigenvalue weighted by Crippen LogP contribution is 2.34. The molecule has 0 saturated carbocycles. The van der Waals surface area contributed by atoms with E-state index in [0.29, 0.717) is 13.0 Å². The van der Waals surface area contributed by atoms with Crippen LogP contribution in [-0.4, -0.2) is 34.6 Å². The van der Waals surface area contributed by atoms with E-state index < -0.39 is 6.10 Å². The van der Waals surface area contributed by atoms with E-state index in [-0.39, 0.29) is 17.9 Å². The van der Waals surface area contributed by atoms with Gasteiger partial charge in [0, 0.05) is 24.9 Å². The molecule has 2 aliphatic heterocycles. The number of rotatable bonds is 1. The quantitative estimate of drug-likeness (QED) is 0.565. The molecule has 0 radical (unpaired) electrons. The normalized spacial score (nSPS) is 40.2. The van der Waals surface area contributed by atoms with Gasteiger partial charge in [-0.25, -0.2) is 0 Å². The lowest BCUT2D eigenvalue weighted by molar-refractivity contribution is -0.128. The average Bonchev–Trinajstić information content (AvgIpc) is 2.52. The summed E-state index contributed by atoms with van der Waals surface area (Å²) < 4.78 is 0. The third-order valence-electron chi connectivity index (χ3n) is 2.92. The van der Waals surface area contributed by atoms with Gasteiger partial charge in [-0.1, -0.05) is 6.08 Å². The summed E-state index contributed by atoms with van der Waals surface area (Å²) in [5.74, 6) is 0.278. The average molecular weight is 167 g/mol. The highest BCUT2D eigenvalue weighted by molar-refractivity contribution is 5.79. The predicted molar refractivity (Wildman–Crippen MR) is 44.4 cm³/mol. The molecule has 2 fully saturated rings. The third-order valence-corrected chi connectivity index (χ3v) is 2.92. The lowest BCUT2D eigenvalue weighted by atomic mass is 9.97. The first kappa shape index (κ1) is 7.80. The van der Waals surface area contributed by atoms with E-state index in [2.05, 4.69) is 6.58 Å². The van der Waals surface area contributed by atoms with Crippen LogP contribution in [0.15, 0.2) is 12.7 Å². The molecular weight excluding hydrogens is 154 g/mol. The molecular formula is C9H13NO2. The van der Waals surface area contributed by atoms with Gasteiger partial charge in [0.25, 0.3) is 0 Å². The van der Waals surface area contributed by atoms with Gasteiger partial charge in [0.1, 0.15) is 0 Å². The van der Waals surface area contributed by atoms with Crippen molar-refractivity contribution in [3.05, 3.63) is 12.7 Å². The Kier molecular flexibility index (Phi) is 1.68. The van der Waals surface area contributed by atoms with Gasteiger partial charge >= 0.3 is 0 Å². The number of hydrogen-bond donors (Lipinski definition) is 1. The molecule has 1 amide bonds. The molecule has 0 spiro atoms. The fourth-order valence-corrected chi connectivity index (χ4v) is 2.29. The summed E-state index contributed by atoms with van der Waals surface area (Å²) in [5.41, 5.74) is 0. The molecule has 3 nitrogen and oxygen atoms in total. The molecule has 0 aliphatic carbocycles. The van der Waals surface area contributed by atoms with E-state index in [1.54, 1.807) is 11.0 Å². The summed E-state index contributed by atoms with van der Waals surface area (Å²) in [6.45, 7) is 4.18. The van der Waals surface area contributed by atoms with Crippen molar-refractivity contribution >= 4 is 5.91 Å². The van der Waals surface area contributed by atoms with Crippen LogP contribution in [0.1, 0.15) is 12.8 Å². The van der Waals surface area contributed by atoms with Gasteiger partial charge in [0.2, 0.25) is 5.91 Å². The fraction of sp³-hybridized carbons (Fsp3) is 0.667. The number of aliphatic hydroxyl groups excluding tert-OH is 1. The van der Waals surface area contributed by atoms with E-state index in [9.17, 15) is 9.90 Å². The van der Waals surface area contributed by atoms with Gasteiger partial charge < -0.3 is 10.0 Å². The van der Waals surface area contributed by atoms with E-state index >= 15 is 0 Å². The summed E-state index contributed by atoms with van der Waals surface area (Å²) >= 11 is 0. The molecule has 0 aromatic carbocycles. The molecule has 2 rings (SSSR count). The van der Waals surface area contributed by atoms with Crippen molar-refractivity contribution in [3.8, 4) is 0 Å². The number of carbonyl (C=O) groups excluding carboxylic acids is 1. The van der Waals surface area contributed by atoms with Crippen LogP contribution in [0, 0.1) is 5.92 Å². The fourth-order valence-electron chi connectivity index (χ4n) is 2.29. The summed E-state index contributed by atoms with van der Waals surface area (Å²) in [7, 11) is 0. The Hall–Kier alpha value is -0.830. The topological polar surface area (TPSA) is 40.5 Å². The molecule has 0 unspecified atom stereocenters. The van der Waals surface area contributed by atoms with Crippen molar-refractivity contribution in [2.75, 3.05) is 6.54 Å². The highest BCUT2D eigenvalue weighted by Gasteiger charge is 2.44. The molecule has 2 aliphatic rings. The van der Waals surface area contributed by atoms with Crippen molar-refractivity contribution in [1.29, 1.82) is 0 Å². The lowest BCUT2D eigenvalue weighted by Crippen LogP contribution is -2.28. The van der Waals surface area contributed by atoms with Crippen LogP contribution >= 0.6 is 0 Å². The Morgan fingerprint density at radius 2 is 2.42 bits per heavy atom. The number of fused-ring (bicyclic) bond motifs is 1. The van der Waals surface area contributed by atoms with Gasteiger partial charge in [-0.2, -0.15) is 0 Å². The van der Waals surface area contributed by atoms with Gasteiger partial charge in [0.15, 0.2) is 0 Å². The minimum Gasteiger partial charge on any atom is -0.391 e. The second-order valence-electron chi connectivity index (χ2n) is 3.53. The number of aliphatic hydroxyl groups is 1. The molecule has 3 heteroatoms. The molecule has 1 N–H and O–H groups in total. The molecule has 0 bridgehead atoms. The zero-order valence-corrected chi connectivity index (χ0v) is 6.94. The Labute approximate surface area is 71.7 Å². The zero-order valence-electron chi connectivity index (χ0n) is 6.94. The maximum Gasteiger partial charge on any atom is 0.223 e. The minimum atomic E-state index is -0.392. The maximum absolute atomic E-state index is 11.2. The molecule has 0 aromatic heterocycles. The van der Waals surface area contributed by atoms with E-state index in [0.717, 1.165) is 6.42 Å². The molecule has 0 aromatic rings. The van der Waals surface area contributed by atoms with Crippen LogP contribution in [0.2, 0.25) is 0 Å². The monoisotopic (exact) mass is 167 g/mol. The van der Waals surface area contributed by atoms with Crippen LogP contribution in [0.4, 0.5) is 0 Å². The summed E-state index contributed by atoms with van der Waals surface area (Å²) in [4.78, 5) is 13.0. The number of carbonyl (C=O) groups is 1. The summed E-state index contributed by atoms with van der Waals surface area (Å²) in [6, 6.07) is 0.227. The maximum atomic E-state index is 11.2. The smallest absolute Gasteiger partial charge is 0.223 e. The largest absolute Gasteiger partial charge is 0.391 e. The van der Waals surface area contributed by atoms with Crippen LogP contribution in [0.25, 0.3) is 0 Å². The van der Waals surface area contributed by atoms with Crippen molar-refractivity contribution < 1.29 is 9.90 Å². The van der Waals surface area contributed by atoms with Crippen molar-refractivity contribution in [2.45, 2.75) is 25.0 Å². The molecule has 66 valence electrons. The van der Waals surface area contributed by atoms with E-state index in [4.69, 9.17) is 0 Å². The van der Waals surface area contributed by atoms with E-state index in [1.807, 2.05) is 0 Å². The van der Waals surface area contributed by atoms with Gasteiger partial charge in [-0.05, 0) is 6.42 Å². The zero-order chi connectivity index (χ0) is 8.72. The second-order valence-corrected chi connectivity index (χ2v) is 3.53. The van der Waals surface area contributed by atoms with Crippen molar-refractivity contribution in [1.82, 2.24) is 4.90 Å². The first-order valence-corrected chi connectivity index (χ1v) is 4.34. The van der Waals surface area contributed by atoms with Gasteiger partial charge in [0.05, 0.1) is 6.10 Å². The van der Waals surface area contributed by atoms with Crippen LogP contribution in [-0.2, 0) is 4.79 Å². The van der Waals surface area contributed by atoms with E-state index in [1.165, 1.54) is 0 Å². The first-order chi connectivity index (χ1) is 5.74. The molecule has 3 atom stereocenters. The number of nitrogens with zero attached hydrogens (tertiary/aromatic N) is 1. The molecule has 2 heterocycles. The summed E-state index contributed by atoms with van der Waals surface area (Å²) in [5, 5.41) is 9.55. The van der Waals surface area contributed by atoms with Gasteiger partial charge in [-0.15, -0.1) is 6.58 Å². The van der Waals surface area contributed by atoms with Crippen molar-refractivity contribution in [2.24, 2.45) is 5.92 Å². The Morgan fingerprint density at radius 1 is 1.67 bits per heavy atom. The van der Waals surface area contributed by atoms with Crippen LogP contribution in [0.3, 0.4) is 0 Å². The molecule has 12 heavy (non-hydrogen) atoms. The minimum absolute atomic E-state index is 0.0939. The standard InChI is InChI=1S/C9H13NO2/c1-2-6-7-3-4-9(12)10(7)5-8(6)11/h2,6-8,11H,1,3-5H2/t6-,7-,8-/m0/s1. The Bertz CT molecular complexity index is 225. The Morgan fingerprint density at radius 3 is 3.08 bits per heavy atom. The lowest BCUT2D eigenvalue weighted by Gasteiger charge is -2.16. The van der Waals surface area contributed by atoms with Gasteiger partial charge in [-0.3, -0.25) is 4.79 Å². The second kappa shape index (κ2) is 2.59. The molecule has 2 saturated heterocycles. The predicted octanol–water partition coefficient (Wildman–Crippen LogP) is 0.154.